The number of hydrogen-bond donors (Lipinski definition) is 2. The van der Waals surface area contributed by atoms with Crippen molar-refractivity contribution in [2.45, 2.75) is 26.5 Å². The lowest BCUT2D eigenvalue weighted by Crippen LogP contribution is -2.32. The van der Waals surface area contributed by atoms with Crippen LogP contribution in [0.2, 0.25) is 0 Å². The van der Waals surface area contributed by atoms with Crippen molar-refractivity contribution in [2.75, 3.05) is 13.1 Å². The molecule has 1 atom stereocenters. The molecule has 0 aliphatic rings. The first-order valence-electron chi connectivity index (χ1n) is 7.18. The third-order valence-electron chi connectivity index (χ3n) is 3.24. The van der Waals surface area contributed by atoms with Gasteiger partial charge in [-0.3, -0.25) is 4.90 Å². The van der Waals surface area contributed by atoms with E-state index in [9.17, 15) is 9.50 Å². The van der Waals surface area contributed by atoms with E-state index in [1.54, 1.807) is 24.5 Å². The lowest BCUT2D eigenvalue weighted by atomic mass is 10.1. The van der Waals surface area contributed by atoms with Gasteiger partial charge in [0.2, 0.25) is 0 Å². The molecule has 0 radical (unpaired) electrons. The van der Waals surface area contributed by atoms with Gasteiger partial charge >= 0.3 is 0 Å². The summed E-state index contributed by atoms with van der Waals surface area (Å²) in [5.41, 5.74) is 0.726. The summed E-state index contributed by atoms with van der Waals surface area (Å²) in [7, 11) is 0. The molecule has 2 N–H and O–H groups in total. The molecule has 0 aliphatic carbocycles. The summed E-state index contributed by atoms with van der Waals surface area (Å²) in [6.45, 7) is 6.28. The third kappa shape index (κ3) is 4.95. The molecule has 0 spiro atoms. The normalized spacial score (nSPS) is 13.0. The number of aliphatic hydroxyl groups is 1. The van der Waals surface area contributed by atoms with Gasteiger partial charge in [0.15, 0.2) is 0 Å². The molecule has 0 unspecified atom stereocenters. The summed E-state index contributed by atoms with van der Waals surface area (Å²) in [6.07, 6.45) is 2.87. The molecular weight excluding hydrogens is 269 g/mol. The Hall–Kier alpha value is -1.72. The predicted molar refractivity (Wildman–Crippen MR) is 80.1 cm³/mol. The van der Waals surface area contributed by atoms with Crippen LogP contribution in [0.3, 0.4) is 0 Å². The van der Waals surface area contributed by atoms with Crippen LogP contribution >= 0.6 is 0 Å². The summed E-state index contributed by atoms with van der Waals surface area (Å²) in [5, 5.41) is 10.3. The minimum absolute atomic E-state index is 0.291. The molecule has 0 fully saturated rings. The molecule has 5 heteroatoms. The van der Waals surface area contributed by atoms with Crippen LogP contribution in [0, 0.1) is 11.7 Å². The number of aromatic amines is 1. The number of imidazole rings is 1. The molecule has 0 aliphatic heterocycles. The molecule has 2 aromatic rings. The van der Waals surface area contributed by atoms with Crippen molar-refractivity contribution in [1.82, 2.24) is 14.9 Å². The van der Waals surface area contributed by atoms with Gasteiger partial charge in [-0.05, 0) is 23.6 Å². The summed E-state index contributed by atoms with van der Waals surface area (Å²) in [5.74, 6) is 1.07. The maximum atomic E-state index is 12.9. The minimum Gasteiger partial charge on any atom is -0.387 e. The van der Waals surface area contributed by atoms with Gasteiger partial charge in [0.25, 0.3) is 0 Å². The Kier molecular flexibility index (Phi) is 5.47. The Morgan fingerprint density at radius 1 is 1.24 bits per heavy atom. The molecule has 114 valence electrons. The van der Waals surface area contributed by atoms with Crippen molar-refractivity contribution >= 4 is 0 Å². The number of rotatable bonds is 7. The summed E-state index contributed by atoms with van der Waals surface area (Å²) in [4.78, 5) is 9.45. The highest BCUT2D eigenvalue weighted by Crippen LogP contribution is 2.16. The zero-order valence-electron chi connectivity index (χ0n) is 12.5. The van der Waals surface area contributed by atoms with E-state index in [-0.39, 0.29) is 5.82 Å². The van der Waals surface area contributed by atoms with Crippen LogP contribution in [0.4, 0.5) is 4.39 Å². The molecule has 1 aromatic carbocycles. The molecule has 0 saturated heterocycles. The van der Waals surface area contributed by atoms with Gasteiger partial charge in [0.1, 0.15) is 11.6 Å². The standard InChI is InChI=1S/C16H22FN3O/c1-12(2)9-20(11-16-18-7-8-19-16)10-15(21)13-3-5-14(17)6-4-13/h3-8,12,15,21H,9-11H2,1-2H3,(H,18,19)/t15-/m0/s1. The smallest absolute Gasteiger partial charge is 0.123 e. The molecule has 0 saturated carbocycles. The topological polar surface area (TPSA) is 52.2 Å². The number of nitrogens with zero attached hydrogens (tertiary/aromatic N) is 2. The van der Waals surface area contributed by atoms with Gasteiger partial charge < -0.3 is 10.1 Å². The third-order valence-corrected chi connectivity index (χ3v) is 3.24. The van der Waals surface area contributed by atoms with Crippen molar-refractivity contribution < 1.29 is 9.50 Å². The van der Waals surface area contributed by atoms with E-state index < -0.39 is 6.10 Å². The summed E-state index contributed by atoms with van der Waals surface area (Å²) in [6, 6.07) is 6.00. The van der Waals surface area contributed by atoms with E-state index in [4.69, 9.17) is 0 Å². The van der Waals surface area contributed by atoms with Gasteiger partial charge in [-0.2, -0.15) is 0 Å². The SMILES string of the molecule is CC(C)CN(Cc1ncc[nH]1)C[C@H](O)c1ccc(F)cc1. The number of benzene rings is 1. The number of aromatic nitrogens is 2. The van der Waals surface area contributed by atoms with Crippen molar-refractivity contribution in [2.24, 2.45) is 5.92 Å². The second-order valence-corrected chi connectivity index (χ2v) is 5.69. The second-order valence-electron chi connectivity index (χ2n) is 5.69. The van der Waals surface area contributed by atoms with Gasteiger partial charge in [-0.1, -0.05) is 26.0 Å². The van der Waals surface area contributed by atoms with Crippen LogP contribution in [0.5, 0.6) is 0 Å². The quantitative estimate of drug-likeness (QED) is 0.824. The second kappa shape index (κ2) is 7.33. The van der Waals surface area contributed by atoms with E-state index in [1.165, 1.54) is 12.1 Å². The van der Waals surface area contributed by atoms with E-state index in [0.717, 1.165) is 17.9 Å². The molecule has 1 aromatic heterocycles. The molecular formula is C16H22FN3O. The molecule has 2 rings (SSSR count). The lowest BCUT2D eigenvalue weighted by molar-refractivity contribution is 0.100. The Morgan fingerprint density at radius 3 is 2.52 bits per heavy atom. The zero-order chi connectivity index (χ0) is 15.2. The molecule has 21 heavy (non-hydrogen) atoms. The van der Waals surface area contributed by atoms with Crippen molar-refractivity contribution in [1.29, 1.82) is 0 Å². The first-order chi connectivity index (χ1) is 10.0. The van der Waals surface area contributed by atoms with Gasteiger partial charge in [0.05, 0.1) is 12.6 Å². The van der Waals surface area contributed by atoms with Crippen molar-refractivity contribution in [3.05, 3.63) is 53.9 Å². The van der Waals surface area contributed by atoms with E-state index in [1.807, 2.05) is 0 Å². The average molecular weight is 291 g/mol. The molecule has 0 bridgehead atoms. The Labute approximate surface area is 124 Å². The van der Waals surface area contributed by atoms with Crippen molar-refractivity contribution in [3.8, 4) is 0 Å². The van der Waals surface area contributed by atoms with Crippen molar-refractivity contribution in [3.63, 3.8) is 0 Å². The van der Waals surface area contributed by atoms with Crippen LogP contribution in [-0.4, -0.2) is 33.1 Å². The first kappa shape index (κ1) is 15.7. The number of halogens is 1. The minimum atomic E-state index is -0.640. The fourth-order valence-electron chi connectivity index (χ4n) is 2.35. The first-order valence-corrected chi connectivity index (χ1v) is 7.18. The number of H-pyrrole nitrogens is 1. The van der Waals surface area contributed by atoms with Crippen LogP contribution in [0.25, 0.3) is 0 Å². The van der Waals surface area contributed by atoms with E-state index in [2.05, 4.69) is 28.7 Å². The molecule has 4 nitrogen and oxygen atoms in total. The van der Waals surface area contributed by atoms with Gasteiger partial charge in [-0.25, -0.2) is 9.37 Å². The monoisotopic (exact) mass is 291 g/mol. The largest absolute Gasteiger partial charge is 0.387 e. The van der Waals surface area contributed by atoms with Crippen LogP contribution in [0.15, 0.2) is 36.7 Å². The lowest BCUT2D eigenvalue weighted by Gasteiger charge is -2.26. The van der Waals surface area contributed by atoms with Crippen LogP contribution < -0.4 is 0 Å². The van der Waals surface area contributed by atoms with Crippen LogP contribution in [0.1, 0.15) is 31.3 Å². The Bertz CT molecular complexity index is 525. The maximum Gasteiger partial charge on any atom is 0.123 e. The highest BCUT2D eigenvalue weighted by atomic mass is 19.1. The van der Waals surface area contributed by atoms with Gasteiger partial charge in [-0.15, -0.1) is 0 Å². The maximum absolute atomic E-state index is 12.9. The highest BCUT2D eigenvalue weighted by Gasteiger charge is 2.16. The molecule has 0 amide bonds. The fraction of sp³-hybridized carbons (Fsp3) is 0.438. The predicted octanol–water partition coefficient (Wildman–Crippen LogP) is 2.74. The zero-order valence-corrected chi connectivity index (χ0v) is 12.5. The van der Waals surface area contributed by atoms with Crippen LogP contribution in [-0.2, 0) is 6.54 Å². The number of aliphatic hydroxyl groups excluding tert-OH is 1. The molecule has 1 heterocycles. The summed E-state index contributed by atoms with van der Waals surface area (Å²) >= 11 is 0. The van der Waals surface area contributed by atoms with E-state index >= 15 is 0 Å². The number of hydrogen-bond acceptors (Lipinski definition) is 3. The fourth-order valence-corrected chi connectivity index (χ4v) is 2.35. The van der Waals surface area contributed by atoms with Gasteiger partial charge in [0, 0.05) is 25.5 Å². The summed E-state index contributed by atoms with van der Waals surface area (Å²) < 4.78 is 12.9. The Morgan fingerprint density at radius 2 is 1.95 bits per heavy atom. The number of nitrogens with one attached hydrogen (secondary N) is 1. The van der Waals surface area contributed by atoms with E-state index in [0.29, 0.717) is 19.0 Å². The Balaban J connectivity index is 2.01. The average Bonchev–Trinajstić information content (AvgIpc) is 2.91. The highest BCUT2D eigenvalue weighted by molar-refractivity contribution is 5.18.